The maximum absolute atomic E-state index is 12.0. The Morgan fingerprint density at radius 3 is 2.19 bits per heavy atom. The minimum Gasteiger partial charge on any atom is -0.465 e. The predicted octanol–water partition coefficient (Wildman–Crippen LogP) is 4.32. The van der Waals surface area contributed by atoms with Crippen LogP contribution in [0, 0.1) is 0 Å². The van der Waals surface area contributed by atoms with Crippen molar-refractivity contribution in [2.75, 3.05) is 13.7 Å². The Morgan fingerprint density at radius 1 is 1.00 bits per heavy atom. The zero-order chi connectivity index (χ0) is 19.9. The monoisotopic (exact) mass is 369 g/mol. The normalized spacial score (nSPS) is 12.1. The Kier molecular flexibility index (Phi) is 6.99. The maximum Gasteiger partial charge on any atom is 0.407 e. The molecule has 2 aromatic carbocycles. The van der Waals surface area contributed by atoms with Gasteiger partial charge in [0.05, 0.1) is 12.7 Å². The standard InChI is InChI=1S/C22H27NO4/c1-22(2,3)27-21(25)23-15-19(17-8-6-5-7-9-17)14-16-10-12-18(13-11-16)20(24)26-4/h5-13,19H,14-15H2,1-4H3,(H,23,25). The van der Waals surface area contributed by atoms with Crippen molar-refractivity contribution >= 4 is 12.1 Å². The van der Waals surface area contributed by atoms with Crippen molar-refractivity contribution in [3.63, 3.8) is 0 Å². The quantitative estimate of drug-likeness (QED) is 0.770. The van der Waals surface area contributed by atoms with Crippen molar-refractivity contribution in [1.82, 2.24) is 5.32 Å². The summed E-state index contributed by atoms with van der Waals surface area (Å²) in [4.78, 5) is 23.6. The number of methoxy groups -OCH3 is 1. The molecular weight excluding hydrogens is 342 g/mol. The third-order valence-corrected chi connectivity index (χ3v) is 4.02. The first kappa shape index (κ1) is 20.5. The molecule has 1 amide bonds. The van der Waals surface area contributed by atoms with Gasteiger partial charge in [-0.05, 0) is 50.5 Å². The van der Waals surface area contributed by atoms with Gasteiger partial charge < -0.3 is 14.8 Å². The minimum absolute atomic E-state index is 0.0858. The van der Waals surface area contributed by atoms with Crippen molar-refractivity contribution in [2.24, 2.45) is 0 Å². The van der Waals surface area contributed by atoms with Crippen LogP contribution in [0.1, 0.15) is 48.2 Å². The van der Waals surface area contributed by atoms with E-state index in [4.69, 9.17) is 9.47 Å². The number of ether oxygens (including phenoxy) is 2. The molecule has 0 aromatic heterocycles. The zero-order valence-electron chi connectivity index (χ0n) is 16.3. The van der Waals surface area contributed by atoms with Crippen molar-refractivity contribution < 1.29 is 19.1 Å². The van der Waals surface area contributed by atoms with Crippen LogP contribution < -0.4 is 5.32 Å². The van der Waals surface area contributed by atoms with E-state index in [0.29, 0.717) is 12.1 Å². The summed E-state index contributed by atoms with van der Waals surface area (Å²) < 4.78 is 10.1. The highest BCUT2D eigenvalue weighted by atomic mass is 16.6. The van der Waals surface area contributed by atoms with E-state index in [1.807, 2.05) is 63.2 Å². The first-order valence-corrected chi connectivity index (χ1v) is 8.97. The number of hydrogen-bond donors (Lipinski definition) is 1. The third kappa shape index (κ3) is 6.77. The average molecular weight is 369 g/mol. The lowest BCUT2D eigenvalue weighted by Gasteiger charge is -2.22. The summed E-state index contributed by atoms with van der Waals surface area (Å²) in [5, 5.41) is 2.86. The highest BCUT2D eigenvalue weighted by Crippen LogP contribution is 2.21. The van der Waals surface area contributed by atoms with Crippen molar-refractivity contribution in [2.45, 2.75) is 38.7 Å². The smallest absolute Gasteiger partial charge is 0.407 e. The van der Waals surface area contributed by atoms with Gasteiger partial charge in [0, 0.05) is 12.5 Å². The molecule has 0 spiro atoms. The van der Waals surface area contributed by atoms with Gasteiger partial charge in [0.15, 0.2) is 0 Å². The fourth-order valence-electron chi connectivity index (χ4n) is 2.73. The van der Waals surface area contributed by atoms with E-state index in [1.165, 1.54) is 7.11 Å². The minimum atomic E-state index is -0.532. The largest absolute Gasteiger partial charge is 0.465 e. The number of carbonyl (C=O) groups excluding carboxylic acids is 2. The molecule has 0 aliphatic heterocycles. The molecule has 0 aliphatic carbocycles. The Morgan fingerprint density at radius 2 is 1.63 bits per heavy atom. The van der Waals surface area contributed by atoms with E-state index in [9.17, 15) is 9.59 Å². The van der Waals surface area contributed by atoms with Crippen LogP contribution in [-0.2, 0) is 15.9 Å². The van der Waals surface area contributed by atoms with E-state index in [1.54, 1.807) is 12.1 Å². The van der Waals surface area contributed by atoms with Gasteiger partial charge in [-0.15, -0.1) is 0 Å². The first-order chi connectivity index (χ1) is 12.8. The average Bonchev–Trinajstić information content (AvgIpc) is 2.64. The first-order valence-electron chi connectivity index (χ1n) is 8.97. The summed E-state index contributed by atoms with van der Waals surface area (Å²) in [6, 6.07) is 17.4. The molecule has 144 valence electrons. The Balaban J connectivity index is 2.09. The lowest BCUT2D eigenvalue weighted by Crippen LogP contribution is -2.35. The van der Waals surface area contributed by atoms with E-state index >= 15 is 0 Å². The number of rotatable bonds is 6. The number of alkyl carbamates (subject to hydrolysis) is 1. The molecular formula is C22H27NO4. The molecule has 2 rings (SSSR count). The Hall–Kier alpha value is -2.82. The van der Waals surface area contributed by atoms with Gasteiger partial charge >= 0.3 is 12.1 Å². The topological polar surface area (TPSA) is 64.6 Å². The lowest BCUT2D eigenvalue weighted by atomic mass is 9.91. The molecule has 0 saturated heterocycles. The van der Waals surface area contributed by atoms with Crippen LogP contribution >= 0.6 is 0 Å². The van der Waals surface area contributed by atoms with Gasteiger partial charge in [0.2, 0.25) is 0 Å². The molecule has 0 bridgehead atoms. The Bertz CT molecular complexity index is 748. The van der Waals surface area contributed by atoms with Crippen LogP contribution in [0.25, 0.3) is 0 Å². The second-order valence-electron chi connectivity index (χ2n) is 7.38. The molecule has 2 aromatic rings. The molecule has 1 atom stereocenters. The number of carbonyl (C=O) groups is 2. The molecule has 5 heteroatoms. The van der Waals surface area contributed by atoms with Crippen molar-refractivity contribution in [1.29, 1.82) is 0 Å². The summed E-state index contributed by atoms with van der Waals surface area (Å²) in [7, 11) is 1.37. The van der Waals surface area contributed by atoms with Crippen LogP contribution in [-0.4, -0.2) is 31.3 Å². The zero-order valence-corrected chi connectivity index (χ0v) is 16.3. The van der Waals surface area contributed by atoms with E-state index < -0.39 is 11.7 Å². The van der Waals surface area contributed by atoms with Crippen molar-refractivity contribution in [3.8, 4) is 0 Å². The second-order valence-corrected chi connectivity index (χ2v) is 7.38. The fourth-order valence-corrected chi connectivity index (χ4v) is 2.73. The van der Waals surface area contributed by atoms with E-state index in [-0.39, 0.29) is 11.9 Å². The summed E-state index contributed by atoms with van der Waals surface area (Å²) in [5.41, 5.74) is 2.19. The summed E-state index contributed by atoms with van der Waals surface area (Å²) in [6.07, 6.45) is 0.297. The van der Waals surface area contributed by atoms with Crippen LogP contribution in [0.5, 0.6) is 0 Å². The molecule has 0 aliphatic rings. The van der Waals surface area contributed by atoms with Crippen LogP contribution in [0.15, 0.2) is 54.6 Å². The Labute approximate surface area is 160 Å². The summed E-state index contributed by atoms with van der Waals surface area (Å²) >= 11 is 0. The maximum atomic E-state index is 12.0. The van der Waals surface area contributed by atoms with Crippen molar-refractivity contribution in [3.05, 3.63) is 71.3 Å². The van der Waals surface area contributed by atoms with Crippen LogP contribution in [0.3, 0.4) is 0 Å². The third-order valence-electron chi connectivity index (χ3n) is 4.02. The molecule has 0 saturated carbocycles. The lowest BCUT2D eigenvalue weighted by molar-refractivity contribution is 0.0523. The predicted molar refractivity (Wildman–Crippen MR) is 105 cm³/mol. The number of nitrogens with one attached hydrogen (secondary N) is 1. The van der Waals surface area contributed by atoms with E-state index in [2.05, 4.69) is 5.32 Å². The molecule has 0 heterocycles. The van der Waals surface area contributed by atoms with Crippen LogP contribution in [0.2, 0.25) is 0 Å². The summed E-state index contributed by atoms with van der Waals surface area (Å²) in [6.45, 7) is 5.97. The molecule has 0 fully saturated rings. The van der Waals surface area contributed by atoms with E-state index in [0.717, 1.165) is 17.5 Å². The number of esters is 1. The molecule has 27 heavy (non-hydrogen) atoms. The number of benzene rings is 2. The van der Waals surface area contributed by atoms with Crippen LogP contribution in [0.4, 0.5) is 4.79 Å². The van der Waals surface area contributed by atoms with Gasteiger partial charge in [-0.1, -0.05) is 42.5 Å². The SMILES string of the molecule is COC(=O)c1ccc(CC(CNC(=O)OC(C)(C)C)c2ccccc2)cc1. The van der Waals surface area contributed by atoms with Gasteiger partial charge in [0.25, 0.3) is 0 Å². The molecule has 1 N–H and O–H groups in total. The van der Waals surface area contributed by atoms with Gasteiger partial charge in [-0.25, -0.2) is 9.59 Å². The molecule has 5 nitrogen and oxygen atoms in total. The second kappa shape index (κ2) is 9.21. The highest BCUT2D eigenvalue weighted by molar-refractivity contribution is 5.89. The number of hydrogen-bond acceptors (Lipinski definition) is 4. The molecule has 1 unspecified atom stereocenters. The van der Waals surface area contributed by atoms with Gasteiger partial charge in [-0.2, -0.15) is 0 Å². The summed E-state index contributed by atoms with van der Waals surface area (Å²) in [5.74, 6) is -0.268. The highest BCUT2D eigenvalue weighted by Gasteiger charge is 2.19. The fraction of sp³-hybridized carbons (Fsp3) is 0.364. The number of amides is 1. The van der Waals surface area contributed by atoms with Gasteiger partial charge in [0.1, 0.15) is 5.60 Å². The van der Waals surface area contributed by atoms with Gasteiger partial charge in [-0.3, -0.25) is 0 Å². The molecule has 0 radical (unpaired) electrons.